The third kappa shape index (κ3) is 3.75. The second-order valence-corrected chi connectivity index (χ2v) is 6.99. The smallest absolute Gasteiger partial charge is 0.202 e. The summed E-state index contributed by atoms with van der Waals surface area (Å²) in [7, 11) is 0. The maximum Gasteiger partial charge on any atom is 0.202 e. The minimum Gasteiger partial charge on any atom is -0.507 e. The normalized spacial score (nSPS) is 19.4. The van der Waals surface area contributed by atoms with Crippen molar-refractivity contribution in [3.05, 3.63) is 22.3 Å². The molecule has 0 aromatic heterocycles. The summed E-state index contributed by atoms with van der Waals surface area (Å²) in [5.74, 6) is 6.65. The van der Waals surface area contributed by atoms with Crippen LogP contribution in [0.25, 0.3) is 0 Å². The van der Waals surface area contributed by atoms with Crippen molar-refractivity contribution in [2.24, 2.45) is 5.84 Å². The summed E-state index contributed by atoms with van der Waals surface area (Å²) in [6.07, 6.45) is 4.84. The Balaban J connectivity index is 1.99. The second kappa shape index (κ2) is 7.30. The molecule has 0 aliphatic carbocycles. The highest BCUT2D eigenvalue weighted by Crippen LogP contribution is 2.44. The maximum atomic E-state index is 10.2. The number of nitrogens with two attached hydrogens (primary N) is 1. The van der Waals surface area contributed by atoms with Gasteiger partial charge in [-0.2, -0.15) is 0 Å². The summed E-state index contributed by atoms with van der Waals surface area (Å²) in [5.41, 5.74) is 6.15. The van der Waals surface area contributed by atoms with Crippen molar-refractivity contribution >= 4 is 5.96 Å². The number of hydrazine groups is 1. The van der Waals surface area contributed by atoms with Gasteiger partial charge in [0.2, 0.25) is 5.96 Å². The predicted octanol–water partition coefficient (Wildman–Crippen LogP) is 2.56. The molecule has 1 aliphatic rings. The van der Waals surface area contributed by atoms with Crippen molar-refractivity contribution in [2.45, 2.75) is 65.4 Å². The average molecular weight is 334 g/mol. The summed E-state index contributed by atoms with van der Waals surface area (Å²) in [4.78, 5) is 0. The van der Waals surface area contributed by atoms with Crippen molar-refractivity contribution in [1.82, 2.24) is 10.7 Å². The molecule has 2 rings (SSSR count). The summed E-state index contributed by atoms with van der Waals surface area (Å²) >= 11 is 0. The lowest BCUT2D eigenvalue weighted by Crippen LogP contribution is -2.41. The Hall–Kier alpha value is -1.95. The van der Waals surface area contributed by atoms with Crippen LogP contribution in [-0.2, 0) is 6.42 Å². The van der Waals surface area contributed by atoms with Crippen molar-refractivity contribution in [1.29, 1.82) is 5.41 Å². The minimum absolute atomic E-state index is 0.144. The zero-order chi connectivity index (χ0) is 17.9. The molecule has 0 saturated carbocycles. The number of nitrogens with one attached hydrogen (secondary N) is 3. The van der Waals surface area contributed by atoms with E-state index in [0.29, 0.717) is 5.75 Å². The standard InChI is InChI=1S/C18H30N4O2/c1-11-12(2)16-14(13(3)15(11)23)7-9-18(4,24-16)8-5-6-10-21-17(19)22-20/h23H,5-10,20H2,1-4H3,(H3,19,21,22). The fourth-order valence-corrected chi connectivity index (χ4v) is 3.36. The third-order valence-electron chi connectivity index (χ3n) is 5.17. The van der Waals surface area contributed by atoms with E-state index in [1.807, 2.05) is 20.8 Å². The molecule has 0 radical (unpaired) electrons. The summed E-state index contributed by atoms with van der Waals surface area (Å²) in [6, 6.07) is 0. The molecule has 0 spiro atoms. The molecule has 24 heavy (non-hydrogen) atoms. The van der Waals surface area contributed by atoms with Gasteiger partial charge in [0.1, 0.15) is 17.1 Å². The molecule has 1 aromatic carbocycles. The van der Waals surface area contributed by atoms with Gasteiger partial charge in [0, 0.05) is 12.1 Å². The molecule has 0 fully saturated rings. The zero-order valence-corrected chi connectivity index (χ0v) is 15.2. The van der Waals surface area contributed by atoms with Gasteiger partial charge in [-0.25, -0.2) is 5.84 Å². The van der Waals surface area contributed by atoms with E-state index in [9.17, 15) is 5.11 Å². The molecule has 6 N–H and O–H groups in total. The maximum absolute atomic E-state index is 10.2. The Kier molecular flexibility index (Phi) is 5.59. The molecule has 1 unspecified atom stereocenters. The van der Waals surface area contributed by atoms with Gasteiger partial charge in [-0.3, -0.25) is 10.8 Å². The average Bonchev–Trinajstić information content (AvgIpc) is 2.57. The van der Waals surface area contributed by atoms with E-state index in [4.69, 9.17) is 16.0 Å². The first-order valence-corrected chi connectivity index (χ1v) is 8.58. The van der Waals surface area contributed by atoms with Crippen molar-refractivity contribution in [3.8, 4) is 11.5 Å². The van der Waals surface area contributed by atoms with E-state index in [-0.39, 0.29) is 11.6 Å². The van der Waals surface area contributed by atoms with Crippen molar-refractivity contribution in [3.63, 3.8) is 0 Å². The molecule has 1 atom stereocenters. The van der Waals surface area contributed by atoms with E-state index in [2.05, 4.69) is 17.7 Å². The van der Waals surface area contributed by atoms with Gasteiger partial charge in [-0.1, -0.05) is 0 Å². The van der Waals surface area contributed by atoms with Gasteiger partial charge in [0.25, 0.3) is 0 Å². The molecule has 0 saturated heterocycles. The number of ether oxygens (including phenoxy) is 1. The molecule has 1 aliphatic heterocycles. The van der Waals surface area contributed by atoms with E-state index >= 15 is 0 Å². The van der Waals surface area contributed by atoms with Gasteiger partial charge in [-0.15, -0.1) is 0 Å². The van der Waals surface area contributed by atoms with E-state index in [0.717, 1.165) is 66.7 Å². The topological polar surface area (TPSA) is 103 Å². The lowest BCUT2D eigenvalue weighted by molar-refractivity contribution is 0.0524. The molecule has 0 amide bonds. The van der Waals surface area contributed by atoms with E-state index in [1.165, 1.54) is 0 Å². The molecule has 1 aromatic rings. The van der Waals surface area contributed by atoms with Crippen LogP contribution in [-0.4, -0.2) is 23.2 Å². The highest BCUT2D eigenvalue weighted by molar-refractivity contribution is 5.75. The number of aromatic hydroxyl groups is 1. The lowest BCUT2D eigenvalue weighted by Gasteiger charge is -2.38. The monoisotopic (exact) mass is 334 g/mol. The van der Waals surface area contributed by atoms with Gasteiger partial charge < -0.3 is 15.2 Å². The first kappa shape index (κ1) is 18.4. The highest BCUT2D eigenvalue weighted by Gasteiger charge is 2.34. The predicted molar refractivity (Wildman–Crippen MR) is 96.6 cm³/mol. The van der Waals surface area contributed by atoms with Crippen molar-refractivity contribution in [2.75, 3.05) is 6.54 Å². The number of hydrogen-bond donors (Lipinski definition) is 5. The number of guanidine groups is 1. The fraction of sp³-hybridized carbons (Fsp3) is 0.611. The van der Waals surface area contributed by atoms with Gasteiger partial charge >= 0.3 is 0 Å². The number of hydrogen-bond acceptors (Lipinski definition) is 4. The Morgan fingerprint density at radius 2 is 1.96 bits per heavy atom. The molecule has 0 bridgehead atoms. The van der Waals surface area contributed by atoms with Crippen molar-refractivity contribution < 1.29 is 9.84 Å². The Morgan fingerprint density at radius 1 is 1.25 bits per heavy atom. The fourth-order valence-electron chi connectivity index (χ4n) is 3.36. The molecule has 6 heteroatoms. The Labute approximate surface area is 144 Å². The number of fused-ring (bicyclic) bond motifs is 1. The van der Waals surface area contributed by atoms with Crippen LogP contribution in [0.3, 0.4) is 0 Å². The van der Waals surface area contributed by atoms with Crippen LogP contribution in [0.15, 0.2) is 0 Å². The largest absolute Gasteiger partial charge is 0.507 e. The van der Waals surface area contributed by atoms with Crippen LogP contribution >= 0.6 is 0 Å². The summed E-state index contributed by atoms with van der Waals surface area (Å²) < 4.78 is 6.41. The molecular weight excluding hydrogens is 304 g/mol. The highest BCUT2D eigenvalue weighted by atomic mass is 16.5. The van der Waals surface area contributed by atoms with Gasteiger partial charge in [0.05, 0.1) is 0 Å². The number of phenols is 1. The summed E-state index contributed by atoms with van der Waals surface area (Å²) in [6.45, 7) is 8.83. The molecular formula is C18H30N4O2. The lowest BCUT2D eigenvalue weighted by atomic mass is 9.85. The van der Waals surface area contributed by atoms with E-state index in [1.54, 1.807) is 0 Å². The number of phenolic OH excluding ortho intramolecular Hbond substituents is 1. The first-order chi connectivity index (χ1) is 11.3. The van der Waals surface area contributed by atoms with Crippen LogP contribution in [0.2, 0.25) is 0 Å². The Morgan fingerprint density at radius 3 is 2.62 bits per heavy atom. The van der Waals surface area contributed by atoms with Crippen LogP contribution in [0.4, 0.5) is 0 Å². The van der Waals surface area contributed by atoms with Crippen LogP contribution in [0.5, 0.6) is 11.5 Å². The number of unbranched alkanes of at least 4 members (excludes halogenated alkanes) is 1. The summed E-state index contributed by atoms with van der Waals surface area (Å²) in [5, 5.41) is 20.5. The zero-order valence-electron chi connectivity index (χ0n) is 15.2. The van der Waals surface area contributed by atoms with Crippen LogP contribution < -0.4 is 21.3 Å². The Bertz CT molecular complexity index is 630. The van der Waals surface area contributed by atoms with Crippen LogP contribution in [0, 0.1) is 26.2 Å². The minimum atomic E-state index is -0.173. The molecule has 1 heterocycles. The van der Waals surface area contributed by atoms with Gasteiger partial charge in [-0.05, 0) is 76.5 Å². The first-order valence-electron chi connectivity index (χ1n) is 8.58. The SMILES string of the molecule is Cc1c(C)c2c(c(C)c1O)CCC(C)(CCCCNC(=N)NN)O2. The third-order valence-corrected chi connectivity index (χ3v) is 5.17. The number of benzene rings is 1. The number of rotatable bonds is 5. The van der Waals surface area contributed by atoms with Crippen LogP contribution in [0.1, 0.15) is 54.9 Å². The molecule has 134 valence electrons. The van der Waals surface area contributed by atoms with Gasteiger partial charge in [0.15, 0.2) is 0 Å². The quantitative estimate of drug-likeness (QED) is 0.187. The molecule has 6 nitrogen and oxygen atoms in total. The van der Waals surface area contributed by atoms with E-state index < -0.39 is 0 Å². The second-order valence-electron chi connectivity index (χ2n) is 6.99.